The van der Waals surface area contributed by atoms with Gasteiger partial charge in [-0.2, -0.15) is 0 Å². The number of fused-ring (bicyclic) bond motifs is 1. The molecule has 8 heteroatoms. The molecule has 2 N–H and O–H groups in total. The van der Waals surface area contributed by atoms with Crippen molar-refractivity contribution in [3.8, 4) is 17.2 Å². The summed E-state index contributed by atoms with van der Waals surface area (Å²) in [4.78, 5) is 0. The van der Waals surface area contributed by atoms with E-state index in [0.29, 0.717) is 11.5 Å². The first-order valence-corrected chi connectivity index (χ1v) is 6.08. The van der Waals surface area contributed by atoms with Gasteiger partial charge in [0.25, 0.3) is 0 Å². The monoisotopic (exact) mass is 243 g/mol. The molecule has 4 nitrogen and oxygen atoms in total. The van der Waals surface area contributed by atoms with Gasteiger partial charge < -0.3 is 19.9 Å². The van der Waals surface area contributed by atoms with Gasteiger partial charge in [0.05, 0.1) is 7.11 Å². The van der Waals surface area contributed by atoms with Crippen molar-refractivity contribution in [3.63, 3.8) is 0 Å². The normalized spacial score (nSPS) is 16.6. The molecule has 0 aromatic heterocycles. The Morgan fingerprint density at radius 2 is 2.00 bits per heavy atom. The number of nitrogens with two attached hydrogens (primary N) is 1. The quantitative estimate of drug-likeness (QED) is 0.566. The maximum atomic E-state index is 6.04. The van der Waals surface area contributed by atoms with E-state index in [9.17, 15) is 0 Å². The minimum absolute atomic E-state index is 0.270. The third-order valence-electron chi connectivity index (χ3n) is 2.66. The zero-order valence-corrected chi connectivity index (χ0v) is 11.7. The molecule has 0 radical (unpaired) electrons. The van der Waals surface area contributed by atoms with Crippen molar-refractivity contribution in [3.05, 3.63) is 17.7 Å². The maximum absolute atomic E-state index is 6.04. The van der Waals surface area contributed by atoms with Crippen LogP contribution in [0, 0.1) is 0 Å². The predicted octanol–water partition coefficient (Wildman–Crippen LogP) is -3.23. The highest BCUT2D eigenvalue weighted by Gasteiger charge is 2.34. The van der Waals surface area contributed by atoms with Crippen molar-refractivity contribution in [2.75, 3.05) is 7.11 Å². The van der Waals surface area contributed by atoms with Crippen LogP contribution in [0.4, 0.5) is 0 Å². The summed E-state index contributed by atoms with van der Waals surface area (Å²) < 4.78 is 16.8. The Balaban J connectivity index is 2.38. The Hall–Kier alpha value is -1.16. The van der Waals surface area contributed by atoms with Crippen molar-refractivity contribution < 1.29 is 14.2 Å². The molecule has 92 valence electrons. The van der Waals surface area contributed by atoms with Crippen LogP contribution in [0.2, 0.25) is 0 Å². The van der Waals surface area contributed by atoms with Crippen LogP contribution in [0.3, 0.4) is 0 Å². The molecule has 1 aromatic rings. The molecule has 0 aliphatic carbocycles. The van der Waals surface area contributed by atoms with Crippen molar-refractivity contribution in [1.29, 1.82) is 0 Å². The molecule has 18 heavy (non-hydrogen) atoms. The van der Waals surface area contributed by atoms with Crippen LogP contribution >= 0.6 is 0 Å². The lowest BCUT2D eigenvalue weighted by atomic mass is 9.60. The smallest absolute Gasteiger partial charge is 0.206 e. The van der Waals surface area contributed by atoms with E-state index < -0.39 is 5.59 Å². The van der Waals surface area contributed by atoms with E-state index in [1.807, 2.05) is 43.5 Å². The summed E-state index contributed by atoms with van der Waals surface area (Å²) in [5.41, 5.74) is 6.48. The molecular weight excluding hydrogens is 225 g/mol. The highest BCUT2D eigenvalue weighted by Crippen LogP contribution is 2.45. The lowest BCUT2D eigenvalue weighted by Gasteiger charge is -2.19. The Morgan fingerprint density at radius 3 is 2.56 bits per heavy atom. The molecule has 2 rings (SSSR count). The Kier molecular flexibility index (Phi) is 3.09. The molecule has 0 saturated heterocycles. The van der Waals surface area contributed by atoms with Gasteiger partial charge in [-0.25, -0.2) is 0 Å². The molecule has 1 aliphatic heterocycles. The third-order valence-corrected chi connectivity index (χ3v) is 2.66. The summed E-state index contributed by atoms with van der Waals surface area (Å²) >= 11 is 0. The molecule has 0 amide bonds. The molecule has 1 aliphatic rings. The topological polar surface area (TPSA) is 53.7 Å². The van der Waals surface area contributed by atoms with Gasteiger partial charge in [0.1, 0.15) is 15.7 Å². The molecule has 0 fully saturated rings. The molecule has 0 unspecified atom stereocenters. The van der Waals surface area contributed by atoms with E-state index in [1.54, 1.807) is 7.11 Å². The fourth-order valence-corrected chi connectivity index (χ4v) is 2.12. The number of ether oxygens (including phenoxy) is 3. The zero-order chi connectivity index (χ0) is 13.6. The minimum Gasteiger partial charge on any atom is -0.493 e. The number of hydrogen-bond donors (Lipinski definition) is 1. The predicted molar refractivity (Wildman–Crippen MR) is 81.8 cm³/mol. The first-order valence-electron chi connectivity index (χ1n) is 6.08. The van der Waals surface area contributed by atoms with Gasteiger partial charge in [-0.05, 0) is 29.5 Å². The van der Waals surface area contributed by atoms with Crippen LogP contribution < -0.4 is 19.9 Å². The van der Waals surface area contributed by atoms with Crippen molar-refractivity contribution in [2.24, 2.45) is 5.73 Å². The maximum Gasteiger partial charge on any atom is 0.206 e. The van der Waals surface area contributed by atoms with E-state index in [0.717, 1.165) is 17.7 Å². The summed E-state index contributed by atoms with van der Waals surface area (Å²) in [6.45, 7) is 0. The first-order chi connectivity index (χ1) is 8.20. The Morgan fingerprint density at radius 1 is 1.33 bits per heavy atom. The second-order valence-electron chi connectivity index (χ2n) is 5.89. The van der Waals surface area contributed by atoms with Crippen LogP contribution in [0.5, 0.6) is 17.2 Å². The van der Waals surface area contributed by atoms with Crippen LogP contribution in [0.25, 0.3) is 0 Å². The van der Waals surface area contributed by atoms with E-state index >= 15 is 0 Å². The summed E-state index contributed by atoms with van der Waals surface area (Å²) in [5.74, 6) is 2.08. The number of hydrogen-bond acceptors (Lipinski definition) is 4. The summed E-state index contributed by atoms with van der Waals surface area (Å²) in [5, 5.41) is -0.270. The van der Waals surface area contributed by atoms with E-state index in [1.165, 1.54) is 0 Å². The Labute approximate surface area is 111 Å². The summed E-state index contributed by atoms with van der Waals surface area (Å²) in [6, 6.07) is 3.93. The van der Waals surface area contributed by atoms with Gasteiger partial charge in [-0.15, -0.1) is 0 Å². The van der Waals surface area contributed by atoms with E-state index in [-0.39, 0.29) is 5.34 Å². The van der Waals surface area contributed by atoms with E-state index in [2.05, 4.69) is 0 Å². The SMILES string of the molecule is BC(B)(N)Cc1cc(OC)c2c(c1)OC(B)(B)O2. The number of benzene rings is 1. The standard InChI is InChI=1S/C10H17B4NO3/c1-16-6-2-5(4-9(11,12)15)3-7-8(6)18-10(13,14)17-7/h2-3H,4,11-15H2,1H3. The zero-order valence-electron chi connectivity index (χ0n) is 11.7. The Bertz CT molecular complexity index is 473. The van der Waals surface area contributed by atoms with Gasteiger partial charge in [-0.3, -0.25) is 0 Å². The molecule has 0 bridgehead atoms. The van der Waals surface area contributed by atoms with Crippen LogP contribution in [-0.4, -0.2) is 49.4 Å². The van der Waals surface area contributed by atoms with Crippen LogP contribution in [0.1, 0.15) is 5.56 Å². The molecule has 1 aromatic carbocycles. The molecule has 1 heterocycles. The summed E-state index contributed by atoms with van der Waals surface area (Å²) in [6.07, 6.45) is 0.750. The lowest BCUT2D eigenvalue weighted by molar-refractivity contribution is 0.0817. The van der Waals surface area contributed by atoms with Crippen molar-refractivity contribution in [2.45, 2.75) is 17.3 Å². The van der Waals surface area contributed by atoms with Gasteiger partial charge in [0.15, 0.2) is 32.8 Å². The molecular formula is C10H17B4NO3. The van der Waals surface area contributed by atoms with Crippen LogP contribution in [0.15, 0.2) is 12.1 Å². The molecule has 0 spiro atoms. The largest absolute Gasteiger partial charge is 0.493 e. The van der Waals surface area contributed by atoms with Gasteiger partial charge in [0, 0.05) is 0 Å². The number of rotatable bonds is 3. The highest BCUT2D eigenvalue weighted by atomic mass is 16.7. The highest BCUT2D eigenvalue weighted by molar-refractivity contribution is 6.40. The molecule has 0 saturated carbocycles. The lowest BCUT2D eigenvalue weighted by Crippen LogP contribution is -2.43. The first kappa shape index (κ1) is 13.3. The molecule has 0 atom stereocenters. The van der Waals surface area contributed by atoms with Crippen molar-refractivity contribution in [1.82, 2.24) is 0 Å². The average molecular weight is 242 g/mol. The summed E-state index contributed by atoms with van der Waals surface area (Å²) in [7, 11) is 9.36. The van der Waals surface area contributed by atoms with E-state index in [4.69, 9.17) is 19.9 Å². The second kappa shape index (κ2) is 4.19. The van der Waals surface area contributed by atoms with Crippen LogP contribution in [-0.2, 0) is 6.42 Å². The second-order valence-corrected chi connectivity index (χ2v) is 5.89. The fourth-order valence-electron chi connectivity index (χ4n) is 2.12. The van der Waals surface area contributed by atoms with Gasteiger partial charge in [0.2, 0.25) is 5.75 Å². The average Bonchev–Trinajstić information content (AvgIpc) is 2.48. The van der Waals surface area contributed by atoms with Gasteiger partial charge >= 0.3 is 0 Å². The third kappa shape index (κ3) is 2.80. The van der Waals surface area contributed by atoms with Gasteiger partial charge in [-0.1, -0.05) is 0 Å². The van der Waals surface area contributed by atoms with Crippen molar-refractivity contribution >= 4 is 31.4 Å². The fraction of sp³-hybridized carbons (Fsp3) is 0.400. The number of methoxy groups -OCH3 is 1. The minimum atomic E-state index is -0.646.